The molecule has 132 valence electrons. The lowest BCUT2D eigenvalue weighted by Gasteiger charge is -2.20. The topological polar surface area (TPSA) is 66.5 Å². The summed E-state index contributed by atoms with van der Waals surface area (Å²) in [7, 11) is -3.41. The average Bonchev–Trinajstić information content (AvgIpc) is 3.01. The minimum absolute atomic E-state index is 0.00420. The lowest BCUT2D eigenvalue weighted by atomic mass is 9.86. The highest BCUT2D eigenvalue weighted by Gasteiger charge is 2.27. The maximum absolute atomic E-state index is 12.6. The second-order valence-corrected chi connectivity index (χ2v) is 9.01. The van der Waals surface area contributed by atoms with E-state index in [1.165, 1.54) is 5.56 Å². The number of nitrogens with one attached hydrogen (secondary N) is 1. The molecule has 1 atom stereocenters. The summed E-state index contributed by atoms with van der Waals surface area (Å²) >= 11 is 0. The Kier molecular flexibility index (Phi) is 5.50. The fraction of sp³-hybridized carbons (Fsp3) is 0.500. The summed E-state index contributed by atoms with van der Waals surface area (Å²) < 4.78 is 25.3. The standard InChI is InChI=1S/C18H26N2O3S/c1-5-24(22,23)19-12-14-10-11-20(13-14)17(21)15-6-8-16(9-7-15)18(2,3)4/h5-9,14,19H,1,10-13H2,2-4H3/t14-/m1/s1. The van der Waals surface area contributed by atoms with Crippen LogP contribution in [0.5, 0.6) is 0 Å². The third-order valence-electron chi connectivity index (χ3n) is 4.36. The van der Waals surface area contributed by atoms with Crippen molar-refractivity contribution in [3.63, 3.8) is 0 Å². The smallest absolute Gasteiger partial charge is 0.253 e. The first-order valence-corrected chi connectivity index (χ1v) is 9.69. The molecule has 0 aliphatic carbocycles. The molecule has 1 fully saturated rings. The molecule has 0 radical (unpaired) electrons. The summed E-state index contributed by atoms with van der Waals surface area (Å²) in [5, 5.41) is 0.904. The van der Waals surface area contributed by atoms with E-state index in [0.29, 0.717) is 25.2 Å². The predicted octanol–water partition coefficient (Wildman–Crippen LogP) is 2.51. The number of carbonyl (C=O) groups is 1. The van der Waals surface area contributed by atoms with Crippen molar-refractivity contribution in [2.45, 2.75) is 32.6 Å². The third kappa shape index (κ3) is 4.68. The molecule has 1 N–H and O–H groups in total. The fourth-order valence-electron chi connectivity index (χ4n) is 2.77. The zero-order valence-corrected chi connectivity index (χ0v) is 15.4. The van der Waals surface area contributed by atoms with Crippen molar-refractivity contribution < 1.29 is 13.2 Å². The third-order valence-corrected chi connectivity index (χ3v) is 5.37. The zero-order chi connectivity index (χ0) is 18.0. The Morgan fingerprint density at radius 2 is 1.96 bits per heavy atom. The SMILES string of the molecule is C=CS(=O)(=O)NC[C@H]1CCN(C(=O)c2ccc(C(C)(C)C)cc2)C1. The van der Waals surface area contributed by atoms with Gasteiger partial charge in [-0.1, -0.05) is 39.5 Å². The molecular formula is C18H26N2O3S. The van der Waals surface area contributed by atoms with Gasteiger partial charge in [0.25, 0.3) is 5.91 Å². The van der Waals surface area contributed by atoms with Crippen LogP contribution in [0.1, 0.15) is 43.1 Å². The Morgan fingerprint density at radius 1 is 1.33 bits per heavy atom. The lowest BCUT2D eigenvalue weighted by molar-refractivity contribution is 0.0787. The second-order valence-electron chi connectivity index (χ2n) is 7.29. The molecule has 1 amide bonds. The molecule has 0 spiro atoms. The number of hydrogen-bond donors (Lipinski definition) is 1. The minimum atomic E-state index is -3.41. The first-order valence-electron chi connectivity index (χ1n) is 8.14. The number of rotatable bonds is 5. The molecular weight excluding hydrogens is 324 g/mol. The maximum atomic E-state index is 12.6. The maximum Gasteiger partial charge on any atom is 0.253 e. The van der Waals surface area contributed by atoms with Gasteiger partial charge in [0.05, 0.1) is 0 Å². The van der Waals surface area contributed by atoms with E-state index >= 15 is 0 Å². The Labute approximate surface area is 144 Å². The van der Waals surface area contributed by atoms with Crippen LogP contribution in [0.15, 0.2) is 36.3 Å². The molecule has 1 aliphatic rings. The fourth-order valence-corrected chi connectivity index (χ4v) is 3.36. The largest absolute Gasteiger partial charge is 0.338 e. The highest BCUT2D eigenvalue weighted by Crippen LogP contribution is 2.23. The van der Waals surface area contributed by atoms with E-state index < -0.39 is 10.0 Å². The van der Waals surface area contributed by atoms with Gasteiger partial charge in [0.1, 0.15) is 0 Å². The Hall–Kier alpha value is -1.66. The Morgan fingerprint density at radius 3 is 2.50 bits per heavy atom. The molecule has 6 heteroatoms. The van der Waals surface area contributed by atoms with Gasteiger partial charge in [0.2, 0.25) is 10.0 Å². The van der Waals surface area contributed by atoms with E-state index in [0.717, 1.165) is 11.8 Å². The summed E-state index contributed by atoms with van der Waals surface area (Å²) in [5.41, 5.74) is 1.93. The summed E-state index contributed by atoms with van der Waals surface area (Å²) in [4.78, 5) is 14.4. The molecule has 5 nitrogen and oxygen atoms in total. The number of sulfonamides is 1. The van der Waals surface area contributed by atoms with Crippen LogP contribution in [0.4, 0.5) is 0 Å². The Balaban J connectivity index is 1.96. The molecule has 1 aromatic rings. The van der Waals surface area contributed by atoms with Crippen LogP contribution >= 0.6 is 0 Å². The van der Waals surface area contributed by atoms with Crippen molar-refractivity contribution in [2.24, 2.45) is 5.92 Å². The summed E-state index contributed by atoms with van der Waals surface area (Å²) in [5.74, 6) is 0.141. The van der Waals surface area contributed by atoms with Crippen LogP contribution in [0, 0.1) is 5.92 Å². The normalized spacial score (nSPS) is 18.6. The Bertz CT molecular complexity index is 703. The van der Waals surface area contributed by atoms with Gasteiger partial charge in [-0.25, -0.2) is 13.1 Å². The van der Waals surface area contributed by atoms with Gasteiger partial charge < -0.3 is 4.90 Å². The molecule has 1 aliphatic heterocycles. The van der Waals surface area contributed by atoms with Crippen molar-refractivity contribution in [2.75, 3.05) is 19.6 Å². The number of benzene rings is 1. The van der Waals surface area contributed by atoms with Crippen LogP contribution in [-0.4, -0.2) is 38.9 Å². The van der Waals surface area contributed by atoms with Gasteiger partial charge in [-0.2, -0.15) is 0 Å². The summed E-state index contributed by atoms with van der Waals surface area (Å²) in [6.45, 7) is 11.2. The van der Waals surface area contributed by atoms with Gasteiger partial charge in [-0.3, -0.25) is 4.79 Å². The van der Waals surface area contributed by atoms with Crippen LogP contribution in [0.3, 0.4) is 0 Å². The van der Waals surface area contributed by atoms with E-state index in [2.05, 4.69) is 32.1 Å². The van der Waals surface area contributed by atoms with Gasteiger partial charge in [0.15, 0.2) is 0 Å². The monoisotopic (exact) mass is 350 g/mol. The molecule has 0 bridgehead atoms. The van der Waals surface area contributed by atoms with Crippen molar-refractivity contribution in [3.8, 4) is 0 Å². The molecule has 0 unspecified atom stereocenters. The number of carbonyl (C=O) groups excluding carboxylic acids is 1. The van der Waals surface area contributed by atoms with E-state index in [-0.39, 0.29) is 17.2 Å². The molecule has 1 heterocycles. The number of nitrogens with zero attached hydrogens (tertiary/aromatic N) is 1. The van der Waals surface area contributed by atoms with Crippen LogP contribution in [0.2, 0.25) is 0 Å². The highest BCUT2D eigenvalue weighted by molar-refractivity contribution is 7.92. The van der Waals surface area contributed by atoms with Crippen LogP contribution in [0.25, 0.3) is 0 Å². The van der Waals surface area contributed by atoms with Crippen molar-refractivity contribution in [1.82, 2.24) is 9.62 Å². The zero-order valence-electron chi connectivity index (χ0n) is 14.6. The molecule has 0 saturated carbocycles. The number of amides is 1. The van der Waals surface area contributed by atoms with Crippen LogP contribution < -0.4 is 4.72 Å². The second kappa shape index (κ2) is 7.07. The lowest BCUT2D eigenvalue weighted by Crippen LogP contribution is -2.32. The van der Waals surface area contributed by atoms with E-state index in [1.54, 1.807) is 4.90 Å². The van der Waals surface area contributed by atoms with Crippen molar-refractivity contribution in [3.05, 3.63) is 47.4 Å². The van der Waals surface area contributed by atoms with Crippen LogP contribution in [-0.2, 0) is 15.4 Å². The average molecular weight is 350 g/mol. The number of hydrogen-bond acceptors (Lipinski definition) is 3. The van der Waals surface area contributed by atoms with Gasteiger partial charge >= 0.3 is 0 Å². The summed E-state index contributed by atoms with van der Waals surface area (Å²) in [6, 6.07) is 7.74. The predicted molar refractivity (Wildman–Crippen MR) is 96.3 cm³/mol. The molecule has 1 saturated heterocycles. The van der Waals surface area contributed by atoms with E-state index in [4.69, 9.17) is 0 Å². The molecule has 1 aromatic carbocycles. The van der Waals surface area contributed by atoms with Gasteiger partial charge in [-0.15, -0.1) is 0 Å². The van der Waals surface area contributed by atoms with E-state index in [9.17, 15) is 13.2 Å². The first-order chi connectivity index (χ1) is 11.1. The molecule has 2 rings (SSSR count). The summed E-state index contributed by atoms with van der Waals surface area (Å²) in [6.07, 6.45) is 0.797. The van der Waals surface area contributed by atoms with Gasteiger partial charge in [-0.05, 0) is 35.4 Å². The van der Waals surface area contributed by atoms with E-state index in [1.807, 2.05) is 24.3 Å². The van der Waals surface area contributed by atoms with Crippen molar-refractivity contribution >= 4 is 15.9 Å². The van der Waals surface area contributed by atoms with Gasteiger partial charge in [0, 0.05) is 30.6 Å². The minimum Gasteiger partial charge on any atom is -0.338 e. The highest BCUT2D eigenvalue weighted by atomic mass is 32.2. The number of likely N-dealkylation sites (tertiary alicyclic amines) is 1. The molecule has 24 heavy (non-hydrogen) atoms. The van der Waals surface area contributed by atoms with Crippen molar-refractivity contribution in [1.29, 1.82) is 0 Å². The molecule has 0 aromatic heterocycles. The quantitative estimate of drug-likeness (QED) is 0.887. The first kappa shape index (κ1) is 18.7.